The van der Waals surface area contributed by atoms with Crippen molar-refractivity contribution in [2.24, 2.45) is 13.0 Å². The molecule has 1 aliphatic rings. The summed E-state index contributed by atoms with van der Waals surface area (Å²) in [6.45, 7) is 9.35. The molecule has 1 aliphatic heterocycles. The van der Waals surface area contributed by atoms with Crippen LogP contribution in [0.2, 0.25) is 0 Å². The Labute approximate surface area is 117 Å². The van der Waals surface area contributed by atoms with Crippen LogP contribution in [0.1, 0.15) is 44.8 Å². The molecule has 0 saturated carbocycles. The summed E-state index contributed by atoms with van der Waals surface area (Å²) in [5, 5.41) is 7.76. The van der Waals surface area contributed by atoms with Crippen LogP contribution >= 0.6 is 0 Å². The lowest BCUT2D eigenvalue weighted by molar-refractivity contribution is 0.156. The number of aryl methyl sites for hydroxylation is 1. The van der Waals surface area contributed by atoms with Crippen LogP contribution in [0.5, 0.6) is 0 Å². The standard InChI is InChI=1S/C15H28N4/c1-4-11-19(12-14-5-8-16-9-6-14)13(2)15-7-10-17-18(15)3/h7,10,13-14,16H,4-6,8-9,11-12H2,1-3H3. The molecule has 1 N–H and O–H groups in total. The number of hydrogen-bond donors (Lipinski definition) is 1. The number of hydrogen-bond acceptors (Lipinski definition) is 3. The molecule has 1 unspecified atom stereocenters. The highest BCUT2D eigenvalue weighted by atomic mass is 15.3. The Balaban J connectivity index is 2.00. The van der Waals surface area contributed by atoms with Crippen LogP contribution in [0.25, 0.3) is 0 Å². The van der Waals surface area contributed by atoms with Crippen molar-refractivity contribution in [3.8, 4) is 0 Å². The zero-order valence-electron chi connectivity index (χ0n) is 12.6. The average Bonchev–Trinajstić information content (AvgIpc) is 2.85. The Hall–Kier alpha value is -0.870. The molecule has 1 saturated heterocycles. The number of rotatable bonds is 6. The molecule has 1 aromatic rings. The first-order valence-electron chi connectivity index (χ1n) is 7.65. The summed E-state index contributed by atoms with van der Waals surface area (Å²) in [6, 6.07) is 2.61. The molecule has 0 aliphatic carbocycles. The van der Waals surface area contributed by atoms with Gasteiger partial charge in [0, 0.05) is 25.8 Å². The van der Waals surface area contributed by atoms with Gasteiger partial charge in [-0.3, -0.25) is 9.58 Å². The van der Waals surface area contributed by atoms with Gasteiger partial charge in [0.15, 0.2) is 0 Å². The van der Waals surface area contributed by atoms with E-state index in [0.717, 1.165) is 5.92 Å². The van der Waals surface area contributed by atoms with E-state index in [-0.39, 0.29) is 0 Å². The second kappa shape index (κ2) is 7.06. The third-order valence-electron chi connectivity index (χ3n) is 4.30. The number of piperidine rings is 1. The van der Waals surface area contributed by atoms with E-state index in [9.17, 15) is 0 Å². The molecular formula is C15H28N4. The van der Waals surface area contributed by atoms with E-state index < -0.39 is 0 Å². The fourth-order valence-corrected chi connectivity index (χ4v) is 3.11. The summed E-state index contributed by atoms with van der Waals surface area (Å²) in [6.07, 6.45) is 5.75. The summed E-state index contributed by atoms with van der Waals surface area (Å²) >= 11 is 0. The third kappa shape index (κ3) is 3.80. The van der Waals surface area contributed by atoms with Gasteiger partial charge in [-0.1, -0.05) is 6.92 Å². The summed E-state index contributed by atoms with van der Waals surface area (Å²) in [7, 11) is 2.04. The predicted octanol–water partition coefficient (Wildman–Crippen LogP) is 2.19. The van der Waals surface area contributed by atoms with E-state index >= 15 is 0 Å². The second-order valence-corrected chi connectivity index (χ2v) is 5.74. The Morgan fingerprint density at radius 2 is 2.21 bits per heavy atom. The van der Waals surface area contributed by atoms with Crippen molar-refractivity contribution in [3.63, 3.8) is 0 Å². The number of nitrogens with zero attached hydrogens (tertiary/aromatic N) is 3. The Kier molecular flexibility index (Phi) is 5.40. The first-order valence-corrected chi connectivity index (χ1v) is 7.65. The normalized spacial score (nSPS) is 18.9. The van der Waals surface area contributed by atoms with Crippen molar-refractivity contribution in [2.75, 3.05) is 26.2 Å². The zero-order valence-corrected chi connectivity index (χ0v) is 12.6. The van der Waals surface area contributed by atoms with E-state index in [2.05, 4.69) is 35.2 Å². The highest BCUT2D eigenvalue weighted by molar-refractivity contribution is 5.05. The van der Waals surface area contributed by atoms with Gasteiger partial charge in [-0.05, 0) is 57.8 Å². The molecule has 0 bridgehead atoms. The Bertz CT molecular complexity index is 368. The first kappa shape index (κ1) is 14.5. The molecule has 1 aromatic heterocycles. The van der Waals surface area contributed by atoms with Gasteiger partial charge in [0.1, 0.15) is 0 Å². The van der Waals surface area contributed by atoms with Crippen LogP contribution < -0.4 is 5.32 Å². The number of nitrogens with one attached hydrogen (secondary N) is 1. The molecule has 1 fully saturated rings. The largest absolute Gasteiger partial charge is 0.317 e. The lowest BCUT2D eigenvalue weighted by atomic mass is 9.96. The van der Waals surface area contributed by atoms with Crippen LogP contribution in [-0.4, -0.2) is 40.9 Å². The molecule has 1 atom stereocenters. The highest BCUT2D eigenvalue weighted by Crippen LogP contribution is 2.23. The molecule has 4 nitrogen and oxygen atoms in total. The molecule has 2 rings (SSSR count). The Morgan fingerprint density at radius 1 is 1.47 bits per heavy atom. The van der Waals surface area contributed by atoms with Crippen LogP contribution in [-0.2, 0) is 7.05 Å². The van der Waals surface area contributed by atoms with Crippen LogP contribution in [0.15, 0.2) is 12.3 Å². The minimum atomic E-state index is 0.460. The summed E-state index contributed by atoms with van der Waals surface area (Å²) in [5.41, 5.74) is 1.32. The van der Waals surface area contributed by atoms with Crippen molar-refractivity contribution >= 4 is 0 Å². The predicted molar refractivity (Wildman–Crippen MR) is 79.1 cm³/mol. The molecule has 4 heteroatoms. The molecule has 0 radical (unpaired) electrons. The monoisotopic (exact) mass is 264 g/mol. The topological polar surface area (TPSA) is 33.1 Å². The van der Waals surface area contributed by atoms with Crippen molar-refractivity contribution in [3.05, 3.63) is 18.0 Å². The van der Waals surface area contributed by atoms with Gasteiger partial charge in [0.25, 0.3) is 0 Å². The molecule has 19 heavy (non-hydrogen) atoms. The summed E-state index contributed by atoms with van der Waals surface area (Å²) < 4.78 is 2.01. The van der Waals surface area contributed by atoms with Crippen molar-refractivity contribution < 1.29 is 0 Å². The minimum Gasteiger partial charge on any atom is -0.317 e. The van der Waals surface area contributed by atoms with Gasteiger partial charge in [-0.2, -0.15) is 5.10 Å². The quantitative estimate of drug-likeness (QED) is 0.855. The maximum absolute atomic E-state index is 4.31. The van der Waals surface area contributed by atoms with E-state index in [1.807, 2.05) is 17.9 Å². The van der Waals surface area contributed by atoms with Gasteiger partial charge >= 0.3 is 0 Å². The van der Waals surface area contributed by atoms with Crippen molar-refractivity contribution in [1.82, 2.24) is 20.0 Å². The average molecular weight is 264 g/mol. The van der Waals surface area contributed by atoms with E-state index in [1.54, 1.807) is 0 Å². The third-order valence-corrected chi connectivity index (χ3v) is 4.30. The van der Waals surface area contributed by atoms with Gasteiger partial charge < -0.3 is 5.32 Å². The zero-order chi connectivity index (χ0) is 13.7. The van der Waals surface area contributed by atoms with Gasteiger partial charge in [0.05, 0.1) is 5.69 Å². The smallest absolute Gasteiger partial charge is 0.0549 e. The maximum atomic E-state index is 4.31. The lowest BCUT2D eigenvalue weighted by Crippen LogP contribution is -2.38. The fraction of sp³-hybridized carbons (Fsp3) is 0.800. The van der Waals surface area contributed by atoms with Crippen molar-refractivity contribution in [2.45, 2.75) is 39.2 Å². The van der Waals surface area contributed by atoms with E-state index in [4.69, 9.17) is 0 Å². The van der Waals surface area contributed by atoms with E-state index in [1.165, 1.54) is 51.1 Å². The van der Waals surface area contributed by atoms with Gasteiger partial charge in [0.2, 0.25) is 0 Å². The molecule has 2 heterocycles. The fourth-order valence-electron chi connectivity index (χ4n) is 3.11. The van der Waals surface area contributed by atoms with E-state index in [0.29, 0.717) is 6.04 Å². The van der Waals surface area contributed by atoms with Crippen molar-refractivity contribution in [1.29, 1.82) is 0 Å². The van der Waals surface area contributed by atoms with Gasteiger partial charge in [-0.25, -0.2) is 0 Å². The van der Waals surface area contributed by atoms with Crippen LogP contribution in [0.4, 0.5) is 0 Å². The van der Waals surface area contributed by atoms with Crippen LogP contribution in [0.3, 0.4) is 0 Å². The molecule has 0 amide bonds. The molecule has 108 valence electrons. The lowest BCUT2D eigenvalue weighted by Gasteiger charge is -2.34. The SMILES string of the molecule is CCCN(CC1CCNCC1)C(C)c1ccnn1C. The second-order valence-electron chi connectivity index (χ2n) is 5.74. The highest BCUT2D eigenvalue weighted by Gasteiger charge is 2.22. The maximum Gasteiger partial charge on any atom is 0.0549 e. The molecule has 0 aromatic carbocycles. The van der Waals surface area contributed by atoms with Crippen LogP contribution in [0, 0.1) is 5.92 Å². The molecule has 0 spiro atoms. The first-order chi connectivity index (χ1) is 9.22. The molecular weight excluding hydrogens is 236 g/mol. The summed E-state index contributed by atoms with van der Waals surface area (Å²) in [4.78, 5) is 2.63. The minimum absolute atomic E-state index is 0.460. The number of aromatic nitrogens is 2. The summed E-state index contributed by atoms with van der Waals surface area (Å²) in [5.74, 6) is 0.850. The Morgan fingerprint density at radius 3 is 2.79 bits per heavy atom. The van der Waals surface area contributed by atoms with Gasteiger partial charge in [-0.15, -0.1) is 0 Å².